The summed E-state index contributed by atoms with van der Waals surface area (Å²) in [6, 6.07) is -0.0930. The van der Waals surface area contributed by atoms with Crippen molar-refractivity contribution in [2.75, 3.05) is 31.9 Å². The van der Waals surface area contributed by atoms with E-state index in [0.717, 1.165) is 24.9 Å². The summed E-state index contributed by atoms with van der Waals surface area (Å²) in [6.45, 7) is 9.09. The molecule has 2 N–H and O–H groups in total. The summed E-state index contributed by atoms with van der Waals surface area (Å²) in [6.07, 6.45) is 1.23. The Morgan fingerprint density at radius 2 is 2.00 bits per heavy atom. The summed E-state index contributed by atoms with van der Waals surface area (Å²) in [4.78, 5) is 37.8. The number of amides is 3. The second-order valence-corrected chi connectivity index (χ2v) is 7.55. The molecular weight excluding hydrogens is 302 g/mol. The molecule has 124 valence electrons. The lowest BCUT2D eigenvalue weighted by molar-refractivity contribution is -0.925. The zero-order chi connectivity index (χ0) is 16.3. The number of nitrogens with zero attached hydrogens (tertiary/aromatic N) is 1. The van der Waals surface area contributed by atoms with E-state index in [1.54, 1.807) is 0 Å². The number of nitrogens with one attached hydrogen (secondary N) is 2. The van der Waals surface area contributed by atoms with Crippen molar-refractivity contribution in [3.05, 3.63) is 0 Å². The molecule has 3 amide bonds. The summed E-state index contributed by atoms with van der Waals surface area (Å²) in [5, 5.41) is 2.65. The summed E-state index contributed by atoms with van der Waals surface area (Å²) < 4.78 is 0. The third-order valence-electron chi connectivity index (χ3n) is 4.51. The molecule has 2 aliphatic rings. The Bertz CT molecular complexity index is 431. The maximum absolute atomic E-state index is 12.3. The number of rotatable bonds is 5. The van der Waals surface area contributed by atoms with Crippen LogP contribution in [0.25, 0.3) is 0 Å². The molecule has 0 aromatic heterocycles. The van der Waals surface area contributed by atoms with E-state index in [2.05, 4.69) is 19.2 Å². The van der Waals surface area contributed by atoms with E-state index < -0.39 is 0 Å². The molecule has 0 spiro atoms. The van der Waals surface area contributed by atoms with E-state index in [0.29, 0.717) is 18.4 Å². The first kappa shape index (κ1) is 17.3. The molecule has 1 unspecified atom stereocenters. The summed E-state index contributed by atoms with van der Waals surface area (Å²) in [5.41, 5.74) is 0. The minimum Gasteiger partial charge on any atom is -0.349 e. The topological polar surface area (TPSA) is 70.9 Å². The molecule has 6 nitrogen and oxygen atoms in total. The predicted octanol–water partition coefficient (Wildman–Crippen LogP) is -0.253. The van der Waals surface area contributed by atoms with Gasteiger partial charge in [0.1, 0.15) is 0 Å². The number of likely N-dealkylation sites (tertiary alicyclic amines) is 1. The van der Waals surface area contributed by atoms with Gasteiger partial charge < -0.3 is 10.2 Å². The number of piperidine rings is 1. The number of carbonyl (C=O) groups is 3. The van der Waals surface area contributed by atoms with E-state index in [1.165, 1.54) is 16.2 Å². The monoisotopic (exact) mass is 328 g/mol. The second-order valence-electron chi connectivity index (χ2n) is 6.63. The highest BCUT2D eigenvalue weighted by Crippen LogP contribution is 2.17. The molecule has 2 aliphatic heterocycles. The maximum Gasteiger partial charge on any atom is 0.288 e. The molecule has 2 rings (SSSR count). The molecule has 0 aliphatic carbocycles. The van der Waals surface area contributed by atoms with Crippen LogP contribution in [-0.2, 0) is 9.59 Å². The number of quaternary nitrogens is 1. The van der Waals surface area contributed by atoms with Gasteiger partial charge in [-0.05, 0) is 13.3 Å². The minimum absolute atomic E-state index is 0.00282. The van der Waals surface area contributed by atoms with Gasteiger partial charge in [-0.3, -0.25) is 19.3 Å². The van der Waals surface area contributed by atoms with Gasteiger partial charge in [-0.2, -0.15) is 0 Å². The molecule has 0 saturated carbocycles. The van der Waals surface area contributed by atoms with Crippen LogP contribution < -0.4 is 10.2 Å². The molecule has 0 radical (unpaired) electrons. The smallest absolute Gasteiger partial charge is 0.288 e. The molecule has 7 heteroatoms. The fourth-order valence-corrected chi connectivity index (χ4v) is 4.16. The molecule has 2 heterocycles. The summed E-state index contributed by atoms with van der Waals surface area (Å²) >= 11 is 1.02. The predicted molar refractivity (Wildman–Crippen MR) is 85.7 cm³/mol. The number of thioether (sulfide) groups is 1. The first-order chi connectivity index (χ1) is 10.4. The van der Waals surface area contributed by atoms with Crippen molar-refractivity contribution in [1.82, 2.24) is 10.2 Å². The third-order valence-corrected chi connectivity index (χ3v) is 5.37. The lowest BCUT2D eigenvalue weighted by Crippen LogP contribution is -3.18. The average molecular weight is 328 g/mol. The molecule has 0 aromatic carbocycles. The Labute approximate surface area is 136 Å². The molecule has 22 heavy (non-hydrogen) atoms. The van der Waals surface area contributed by atoms with Crippen molar-refractivity contribution in [1.29, 1.82) is 0 Å². The highest BCUT2D eigenvalue weighted by Gasteiger charge is 2.33. The van der Waals surface area contributed by atoms with Crippen LogP contribution >= 0.6 is 11.8 Å². The van der Waals surface area contributed by atoms with Crippen LogP contribution in [0.5, 0.6) is 0 Å². The fraction of sp³-hybridized carbons (Fsp3) is 0.800. The highest BCUT2D eigenvalue weighted by molar-refractivity contribution is 8.14. The van der Waals surface area contributed by atoms with E-state index in [4.69, 9.17) is 0 Å². The van der Waals surface area contributed by atoms with Crippen molar-refractivity contribution in [2.45, 2.75) is 33.2 Å². The average Bonchev–Trinajstić information content (AvgIpc) is 2.77. The van der Waals surface area contributed by atoms with Gasteiger partial charge in [-0.1, -0.05) is 25.6 Å². The van der Waals surface area contributed by atoms with Gasteiger partial charge in [0.15, 0.2) is 6.04 Å². The van der Waals surface area contributed by atoms with Crippen molar-refractivity contribution in [2.24, 2.45) is 11.8 Å². The van der Waals surface area contributed by atoms with E-state index >= 15 is 0 Å². The number of hydrogen-bond donors (Lipinski definition) is 2. The molecule has 2 saturated heterocycles. The molecule has 4 atom stereocenters. The summed E-state index contributed by atoms with van der Waals surface area (Å²) in [7, 11) is 0. The normalized spacial score (nSPS) is 30.5. The molecule has 0 bridgehead atoms. The lowest BCUT2D eigenvalue weighted by atomic mass is 9.91. The molecule has 0 aromatic rings. The quantitative estimate of drug-likeness (QED) is 0.730. The Morgan fingerprint density at radius 3 is 2.55 bits per heavy atom. The zero-order valence-electron chi connectivity index (χ0n) is 13.6. The van der Waals surface area contributed by atoms with Gasteiger partial charge in [0.25, 0.3) is 11.1 Å². The van der Waals surface area contributed by atoms with Gasteiger partial charge >= 0.3 is 0 Å². The first-order valence-corrected chi connectivity index (χ1v) is 8.96. The van der Waals surface area contributed by atoms with Crippen molar-refractivity contribution in [3.8, 4) is 0 Å². The Morgan fingerprint density at radius 1 is 1.36 bits per heavy atom. The number of imide groups is 1. The van der Waals surface area contributed by atoms with Crippen molar-refractivity contribution >= 4 is 28.8 Å². The van der Waals surface area contributed by atoms with Crippen LogP contribution in [0.2, 0.25) is 0 Å². The fourth-order valence-electron chi connectivity index (χ4n) is 3.41. The van der Waals surface area contributed by atoms with Crippen LogP contribution in [0.15, 0.2) is 0 Å². The van der Waals surface area contributed by atoms with E-state index in [1.807, 2.05) is 6.92 Å². The third kappa shape index (κ3) is 4.23. The summed E-state index contributed by atoms with van der Waals surface area (Å²) in [5.74, 6) is 1.35. The maximum atomic E-state index is 12.3. The Kier molecular flexibility index (Phi) is 5.86. The zero-order valence-corrected chi connectivity index (χ0v) is 14.4. The van der Waals surface area contributed by atoms with Crippen LogP contribution in [-0.4, -0.2) is 59.9 Å². The largest absolute Gasteiger partial charge is 0.349 e. The van der Waals surface area contributed by atoms with Crippen molar-refractivity contribution < 1.29 is 19.3 Å². The van der Waals surface area contributed by atoms with Gasteiger partial charge in [0.2, 0.25) is 5.91 Å². The van der Waals surface area contributed by atoms with Gasteiger partial charge in [-0.25, -0.2) is 0 Å². The van der Waals surface area contributed by atoms with Crippen LogP contribution in [0, 0.1) is 11.8 Å². The second kappa shape index (κ2) is 7.46. The van der Waals surface area contributed by atoms with Crippen molar-refractivity contribution in [3.63, 3.8) is 0 Å². The van der Waals surface area contributed by atoms with Crippen LogP contribution in [0.1, 0.15) is 27.2 Å². The van der Waals surface area contributed by atoms with Gasteiger partial charge in [0, 0.05) is 24.9 Å². The van der Waals surface area contributed by atoms with E-state index in [9.17, 15) is 14.4 Å². The minimum atomic E-state index is -0.211. The Balaban J connectivity index is 1.76. The van der Waals surface area contributed by atoms with Crippen LogP contribution in [0.3, 0.4) is 0 Å². The highest BCUT2D eigenvalue weighted by atomic mass is 32.2. The number of carbonyl (C=O) groups excluding carboxylic acids is 3. The standard InChI is InChI=1S/C15H25N3O3S/c1-10-6-11(2)8-17(7-10)12(3)14(20)16-4-5-18-13(19)9-22-15(18)21/h10-12H,4-9H2,1-3H3,(H,16,20)/p+1/t10-,11+,12-/m0/s1. The number of hydrogen-bond acceptors (Lipinski definition) is 4. The Hall–Kier alpha value is -1.08. The lowest BCUT2D eigenvalue weighted by Gasteiger charge is -2.35. The first-order valence-electron chi connectivity index (χ1n) is 7.98. The molecule has 2 fully saturated rings. The van der Waals surface area contributed by atoms with Crippen LogP contribution in [0.4, 0.5) is 4.79 Å². The van der Waals surface area contributed by atoms with Gasteiger partial charge in [0.05, 0.1) is 18.8 Å². The van der Waals surface area contributed by atoms with Gasteiger partial charge in [-0.15, -0.1) is 0 Å². The van der Waals surface area contributed by atoms with E-state index in [-0.39, 0.29) is 35.4 Å². The molecular formula is C15H26N3O3S+. The SMILES string of the molecule is C[C@@H]1C[C@H](C)C[NH+]([C@@H](C)C(=O)NCCN2C(=O)CSC2=O)C1.